The molecule has 1 heterocycles. The van der Waals surface area contributed by atoms with Gasteiger partial charge in [0.25, 0.3) is 0 Å². The summed E-state index contributed by atoms with van der Waals surface area (Å²) in [5.74, 6) is -0.189. The van der Waals surface area contributed by atoms with Gasteiger partial charge in [-0.25, -0.2) is 9.37 Å². The van der Waals surface area contributed by atoms with Crippen molar-refractivity contribution >= 4 is 11.3 Å². The summed E-state index contributed by atoms with van der Waals surface area (Å²) in [5.41, 5.74) is 4.96. The molecule has 1 unspecified atom stereocenters. The molecule has 102 valence electrons. The highest BCUT2D eigenvalue weighted by Gasteiger charge is 2.19. The zero-order valence-electron chi connectivity index (χ0n) is 11.5. The molecule has 0 bridgehead atoms. The minimum Gasteiger partial charge on any atom is -0.306 e. The van der Waals surface area contributed by atoms with Gasteiger partial charge in [-0.2, -0.15) is 0 Å². The first-order chi connectivity index (χ1) is 9.13. The van der Waals surface area contributed by atoms with Gasteiger partial charge in [-0.1, -0.05) is 13.0 Å². The molecule has 0 aliphatic rings. The van der Waals surface area contributed by atoms with Crippen molar-refractivity contribution in [2.45, 2.75) is 33.2 Å². The Morgan fingerprint density at radius 2 is 2.16 bits per heavy atom. The molecular weight excluding hydrogens is 259 g/mol. The minimum absolute atomic E-state index is 0.0307. The molecule has 0 aliphatic heterocycles. The zero-order chi connectivity index (χ0) is 13.8. The predicted molar refractivity (Wildman–Crippen MR) is 78.1 cm³/mol. The van der Waals surface area contributed by atoms with Crippen LogP contribution in [-0.2, 0) is 0 Å². The largest absolute Gasteiger partial charge is 0.306 e. The highest BCUT2D eigenvalue weighted by atomic mass is 32.1. The number of nitrogens with zero attached hydrogens (tertiary/aromatic N) is 1. The molecule has 0 fully saturated rings. The predicted octanol–water partition coefficient (Wildman–Crippen LogP) is 3.99. The van der Waals surface area contributed by atoms with E-state index in [-0.39, 0.29) is 11.9 Å². The first-order valence-electron chi connectivity index (χ1n) is 6.53. The van der Waals surface area contributed by atoms with Crippen LogP contribution in [0.4, 0.5) is 4.39 Å². The molecule has 0 aliphatic carbocycles. The van der Waals surface area contributed by atoms with Gasteiger partial charge in [0.05, 0.1) is 17.2 Å². The van der Waals surface area contributed by atoms with Crippen molar-refractivity contribution in [2.24, 2.45) is 0 Å². The minimum atomic E-state index is -0.189. The third-order valence-corrected chi connectivity index (χ3v) is 4.19. The number of benzene rings is 1. The van der Waals surface area contributed by atoms with Crippen LogP contribution in [0, 0.1) is 19.7 Å². The standard InChI is InChI=1S/C15H19FN2S/c1-4-7-17-14(15-11(3)18-9-19-15)13-8-12(16)6-5-10(13)2/h5-6,8-9,14,17H,4,7H2,1-3H3. The van der Waals surface area contributed by atoms with E-state index in [0.717, 1.165) is 29.8 Å². The molecule has 4 heteroatoms. The number of halogens is 1. The van der Waals surface area contributed by atoms with E-state index in [1.807, 2.05) is 25.4 Å². The summed E-state index contributed by atoms with van der Waals surface area (Å²) < 4.78 is 13.5. The molecule has 1 atom stereocenters. The summed E-state index contributed by atoms with van der Waals surface area (Å²) in [6.45, 7) is 7.05. The fourth-order valence-corrected chi connectivity index (χ4v) is 3.04. The Balaban J connectivity index is 2.42. The van der Waals surface area contributed by atoms with E-state index in [9.17, 15) is 4.39 Å². The molecule has 1 aromatic carbocycles. The number of rotatable bonds is 5. The zero-order valence-corrected chi connectivity index (χ0v) is 12.4. The average Bonchev–Trinajstić information content (AvgIpc) is 2.80. The van der Waals surface area contributed by atoms with Gasteiger partial charge in [-0.3, -0.25) is 0 Å². The lowest BCUT2D eigenvalue weighted by molar-refractivity contribution is 0.586. The summed E-state index contributed by atoms with van der Waals surface area (Å²) in [6, 6.07) is 5.00. The second-order valence-electron chi connectivity index (χ2n) is 4.69. The molecule has 19 heavy (non-hydrogen) atoms. The van der Waals surface area contributed by atoms with E-state index in [1.165, 1.54) is 10.9 Å². The first kappa shape index (κ1) is 14.2. The van der Waals surface area contributed by atoms with Crippen LogP contribution < -0.4 is 5.32 Å². The molecule has 2 aromatic rings. The van der Waals surface area contributed by atoms with E-state index in [4.69, 9.17) is 0 Å². The Morgan fingerprint density at radius 1 is 1.37 bits per heavy atom. The normalized spacial score (nSPS) is 12.6. The van der Waals surface area contributed by atoms with Crippen LogP contribution in [0.3, 0.4) is 0 Å². The van der Waals surface area contributed by atoms with Crippen LogP contribution in [0.15, 0.2) is 23.7 Å². The molecule has 2 nitrogen and oxygen atoms in total. The summed E-state index contributed by atoms with van der Waals surface area (Å²) in [7, 11) is 0. The van der Waals surface area contributed by atoms with Crippen molar-refractivity contribution in [1.82, 2.24) is 10.3 Å². The second kappa shape index (κ2) is 6.26. The molecule has 1 N–H and O–H groups in total. The van der Waals surface area contributed by atoms with E-state index < -0.39 is 0 Å². The van der Waals surface area contributed by atoms with Gasteiger partial charge in [-0.05, 0) is 50.1 Å². The van der Waals surface area contributed by atoms with Gasteiger partial charge in [0.1, 0.15) is 5.82 Å². The van der Waals surface area contributed by atoms with Crippen molar-refractivity contribution in [1.29, 1.82) is 0 Å². The molecule has 2 rings (SSSR count). The topological polar surface area (TPSA) is 24.9 Å². The lowest BCUT2D eigenvalue weighted by atomic mass is 9.99. The van der Waals surface area contributed by atoms with Crippen LogP contribution in [-0.4, -0.2) is 11.5 Å². The van der Waals surface area contributed by atoms with Gasteiger partial charge in [0.2, 0.25) is 0 Å². The maximum Gasteiger partial charge on any atom is 0.123 e. The Morgan fingerprint density at radius 3 is 2.79 bits per heavy atom. The maximum absolute atomic E-state index is 13.5. The monoisotopic (exact) mass is 278 g/mol. The van der Waals surface area contributed by atoms with Crippen molar-refractivity contribution in [3.63, 3.8) is 0 Å². The van der Waals surface area contributed by atoms with Crippen LogP contribution in [0.25, 0.3) is 0 Å². The maximum atomic E-state index is 13.5. The Kier molecular flexibility index (Phi) is 4.66. The fourth-order valence-electron chi connectivity index (χ4n) is 2.14. The van der Waals surface area contributed by atoms with Crippen LogP contribution >= 0.6 is 11.3 Å². The quantitative estimate of drug-likeness (QED) is 0.894. The number of hydrogen-bond donors (Lipinski definition) is 1. The third-order valence-electron chi connectivity index (χ3n) is 3.20. The molecule has 1 aromatic heterocycles. The molecule has 0 spiro atoms. The number of hydrogen-bond acceptors (Lipinski definition) is 3. The average molecular weight is 278 g/mol. The van der Waals surface area contributed by atoms with Crippen molar-refractivity contribution in [3.8, 4) is 0 Å². The summed E-state index contributed by atoms with van der Waals surface area (Å²) in [4.78, 5) is 5.48. The van der Waals surface area contributed by atoms with Crippen LogP contribution in [0.1, 0.15) is 41.1 Å². The van der Waals surface area contributed by atoms with E-state index in [0.29, 0.717) is 0 Å². The Hall–Kier alpha value is -1.26. The van der Waals surface area contributed by atoms with E-state index >= 15 is 0 Å². The smallest absolute Gasteiger partial charge is 0.123 e. The van der Waals surface area contributed by atoms with Gasteiger partial charge in [0.15, 0.2) is 0 Å². The first-order valence-corrected chi connectivity index (χ1v) is 7.40. The summed E-state index contributed by atoms with van der Waals surface area (Å²) in [5, 5.41) is 3.50. The van der Waals surface area contributed by atoms with Crippen molar-refractivity contribution in [3.05, 3.63) is 51.2 Å². The Labute approximate surface area is 117 Å². The number of aromatic nitrogens is 1. The van der Waals surface area contributed by atoms with Crippen molar-refractivity contribution < 1.29 is 4.39 Å². The second-order valence-corrected chi connectivity index (χ2v) is 5.58. The summed E-state index contributed by atoms with van der Waals surface area (Å²) in [6.07, 6.45) is 1.04. The number of thiazole rings is 1. The highest BCUT2D eigenvalue weighted by Crippen LogP contribution is 2.30. The summed E-state index contributed by atoms with van der Waals surface area (Å²) >= 11 is 1.62. The SMILES string of the molecule is CCCNC(c1cc(F)ccc1C)c1scnc1C. The van der Waals surface area contributed by atoms with Gasteiger partial charge in [0, 0.05) is 4.88 Å². The molecule has 0 saturated heterocycles. The molecule has 0 radical (unpaired) electrons. The lowest BCUT2D eigenvalue weighted by Crippen LogP contribution is -2.24. The van der Waals surface area contributed by atoms with Crippen LogP contribution in [0.5, 0.6) is 0 Å². The number of aryl methyl sites for hydroxylation is 2. The lowest BCUT2D eigenvalue weighted by Gasteiger charge is -2.20. The van der Waals surface area contributed by atoms with Crippen molar-refractivity contribution in [2.75, 3.05) is 6.54 Å². The number of nitrogens with one attached hydrogen (secondary N) is 1. The molecule has 0 amide bonds. The van der Waals surface area contributed by atoms with Gasteiger partial charge in [-0.15, -0.1) is 11.3 Å². The van der Waals surface area contributed by atoms with Crippen LogP contribution in [0.2, 0.25) is 0 Å². The van der Waals surface area contributed by atoms with E-state index in [1.54, 1.807) is 17.4 Å². The third kappa shape index (κ3) is 3.19. The Bertz CT molecular complexity index is 551. The molecule has 0 saturated carbocycles. The van der Waals surface area contributed by atoms with Gasteiger partial charge >= 0.3 is 0 Å². The van der Waals surface area contributed by atoms with E-state index in [2.05, 4.69) is 17.2 Å². The fraction of sp³-hybridized carbons (Fsp3) is 0.400. The highest BCUT2D eigenvalue weighted by molar-refractivity contribution is 7.09. The van der Waals surface area contributed by atoms with Gasteiger partial charge < -0.3 is 5.32 Å². The molecular formula is C15H19FN2S.